The molecule has 0 aromatic heterocycles. The summed E-state index contributed by atoms with van der Waals surface area (Å²) >= 11 is 0. The summed E-state index contributed by atoms with van der Waals surface area (Å²) < 4.78 is 23.1. The van der Waals surface area contributed by atoms with Crippen LogP contribution in [-0.2, 0) is 9.84 Å². The van der Waals surface area contributed by atoms with Gasteiger partial charge in [-0.1, -0.05) is 13.8 Å². The zero-order valence-corrected chi connectivity index (χ0v) is 15.0. The maximum atomic E-state index is 12.8. The normalized spacial score (nSPS) is 31.7. The topological polar surface area (TPSA) is 98.2 Å². The van der Waals surface area contributed by atoms with E-state index in [9.17, 15) is 23.1 Å². The van der Waals surface area contributed by atoms with Gasteiger partial charge in [-0.15, -0.1) is 0 Å². The Balaban J connectivity index is 1.76. The molecule has 4 rings (SSSR count). The summed E-state index contributed by atoms with van der Waals surface area (Å²) in [6, 6.07) is -0.393. The van der Waals surface area contributed by atoms with E-state index in [4.69, 9.17) is 0 Å². The fraction of sp³-hybridized carbons (Fsp3) is 0.867. The first-order valence-corrected chi connectivity index (χ1v) is 10.1. The lowest BCUT2D eigenvalue weighted by Crippen LogP contribution is -2.56. The molecule has 4 aliphatic rings. The van der Waals surface area contributed by atoms with E-state index in [1.54, 1.807) is 9.80 Å². The van der Waals surface area contributed by atoms with Crippen LogP contribution in [0.1, 0.15) is 20.3 Å². The molecular formula is C15H25N3O5S. The molecule has 8 nitrogen and oxygen atoms in total. The van der Waals surface area contributed by atoms with E-state index in [-0.39, 0.29) is 48.0 Å². The molecule has 24 heavy (non-hydrogen) atoms. The van der Waals surface area contributed by atoms with Gasteiger partial charge in [0.1, 0.15) is 0 Å². The van der Waals surface area contributed by atoms with Gasteiger partial charge < -0.3 is 19.8 Å². The Kier molecular flexibility index (Phi) is 4.17. The van der Waals surface area contributed by atoms with Crippen LogP contribution in [0.15, 0.2) is 0 Å². The van der Waals surface area contributed by atoms with Crippen LogP contribution in [0, 0.1) is 11.3 Å². The monoisotopic (exact) mass is 359 g/mol. The Morgan fingerprint density at radius 3 is 2.25 bits per heavy atom. The Hall–Kier alpha value is -1.51. The van der Waals surface area contributed by atoms with Crippen molar-refractivity contribution in [2.75, 3.05) is 44.2 Å². The Labute approximate surface area is 142 Å². The lowest BCUT2D eigenvalue weighted by molar-refractivity contribution is 0.0293. The number of piperidine rings is 1. The number of carbonyl (C=O) groups excluding carboxylic acids is 1. The first kappa shape index (κ1) is 17.3. The molecule has 0 aromatic carbocycles. The Morgan fingerprint density at radius 2 is 1.67 bits per heavy atom. The van der Waals surface area contributed by atoms with Crippen molar-refractivity contribution < 1.29 is 23.1 Å². The number of carboxylic acid groups (broad SMARTS) is 1. The number of hydrogen-bond donors (Lipinski definition) is 1. The lowest BCUT2D eigenvalue weighted by atomic mass is 9.74. The van der Waals surface area contributed by atoms with Gasteiger partial charge in [0, 0.05) is 32.7 Å². The molecule has 0 aliphatic carbocycles. The predicted molar refractivity (Wildman–Crippen MR) is 87.6 cm³/mol. The highest BCUT2D eigenvalue weighted by Crippen LogP contribution is 2.41. The molecule has 0 spiro atoms. The van der Waals surface area contributed by atoms with Gasteiger partial charge >= 0.3 is 12.1 Å². The zero-order chi connectivity index (χ0) is 17.7. The molecule has 2 atom stereocenters. The average molecular weight is 359 g/mol. The van der Waals surface area contributed by atoms with Gasteiger partial charge in [0.2, 0.25) is 0 Å². The molecule has 4 saturated heterocycles. The van der Waals surface area contributed by atoms with Gasteiger partial charge in [0.25, 0.3) is 0 Å². The number of amides is 3. The second kappa shape index (κ2) is 5.79. The summed E-state index contributed by atoms with van der Waals surface area (Å²) in [5.41, 5.74) is -0.179. The van der Waals surface area contributed by atoms with Crippen molar-refractivity contribution in [2.45, 2.75) is 26.3 Å². The van der Waals surface area contributed by atoms with E-state index in [1.807, 2.05) is 0 Å². The van der Waals surface area contributed by atoms with Crippen LogP contribution in [-0.4, -0.2) is 90.6 Å². The third kappa shape index (κ3) is 3.18. The van der Waals surface area contributed by atoms with Crippen molar-refractivity contribution in [1.82, 2.24) is 14.7 Å². The Bertz CT molecular complexity index is 633. The molecule has 4 heterocycles. The number of hydrogen-bond acceptors (Lipinski definition) is 4. The number of fused-ring (bicyclic) bond motifs is 4. The highest BCUT2D eigenvalue weighted by Gasteiger charge is 2.48. The van der Waals surface area contributed by atoms with Gasteiger partial charge in [-0.05, 0) is 17.8 Å². The van der Waals surface area contributed by atoms with Gasteiger partial charge in [0.05, 0.1) is 17.5 Å². The van der Waals surface area contributed by atoms with Crippen molar-refractivity contribution in [1.29, 1.82) is 0 Å². The number of sulfone groups is 1. The third-order valence-electron chi connectivity index (χ3n) is 5.55. The predicted octanol–water partition coefficient (Wildman–Crippen LogP) is 0.547. The maximum absolute atomic E-state index is 12.8. The summed E-state index contributed by atoms with van der Waals surface area (Å²) in [5, 5.41) is 9.49. The minimum absolute atomic E-state index is 0.00613. The standard InChI is InChI=1S/C15H25N3O5S/c1-15(2)7-11-8-17(10-12(15)18(9-11)14(20)21)13(19)16-3-5-24(22,23)6-4-16/h11-12H,3-10H2,1-2H3,(H,20,21)/t11-,12-/m1/s1. The maximum Gasteiger partial charge on any atom is 0.407 e. The molecule has 9 heteroatoms. The van der Waals surface area contributed by atoms with Crippen LogP contribution < -0.4 is 0 Å². The summed E-state index contributed by atoms with van der Waals surface area (Å²) in [6.07, 6.45) is -0.0456. The van der Waals surface area contributed by atoms with Gasteiger partial charge in [0.15, 0.2) is 9.84 Å². The van der Waals surface area contributed by atoms with E-state index >= 15 is 0 Å². The second-order valence-electron chi connectivity index (χ2n) is 7.84. The molecule has 4 aliphatic heterocycles. The minimum Gasteiger partial charge on any atom is -0.465 e. The molecule has 0 saturated carbocycles. The molecular weight excluding hydrogens is 334 g/mol. The fourth-order valence-corrected chi connectivity index (χ4v) is 5.51. The summed E-state index contributed by atoms with van der Waals surface area (Å²) in [4.78, 5) is 29.2. The number of urea groups is 1. The first-order chi connectivity index (χ1) is 11.1. The van der Waals surface area contributed by atoms with Crippen LogP contribution in [0.4, 0.5) is 9.59 Å². The molecule has 0 aromatic rings. The smallest absolute Gasteiger partial charge is 0.407 e. The highest BCUT2D eigenvalue weighted by molar-refractivity contribution is 7.91. The van der Waals surface area contributed by atoms with Crippen LogP contribution in [0.5, 0.6) is 0 Å². The average Bonchev–Trinajstić information content (AvgIpc) is 2.73. The molecule has 4 fully saturated rings. The van der Waals surface area contributed by atoms with Crippen LogP contribution >= 0.6 is 0 Å². The van der Waals surface area contributed by atoms with Crippen molar-refractivity contribution in [3.8, 4) is 0 Å². The van der Waals surface area contributed by atoms with Gasteiger partial charge in [-0.25, -0.2) is 18.0 Å². The van der Waals surface area contributed by atoms with Crippen molar-refractivity contribution in [2.24, 2.45) is 11.3 Å². The van der Waals surface area contributed by atoms with Crippen LogP contribution in [0.2, 0.25) is 0 Å². The molecule has 136 valence electrons. The van der Waals surface area contributed by atoms with E-state index in [0.717, 1.165) is 6.42 Å². The molecule has 0 unspecified atom stereocenters. The molecule has 1 N–H and O–H groups in total. The van der Waals surface area contributed by atoms with E-state index in [2.05, 4.69) is 13.8 Å². The lowest BCUT2D eigenvalue weighted by Gasteiger charge is -2.45. The SMILES string of the molecule is CC1(C)C[C@@H]2CN(C(=O)N3CCS(=O)(=O)CC3)C[C@H]1N(C(=O)O)C2. The Morgan fingerprint density at radius 1 is 1.04 bits per heavy atom. The van der Waals surface area contributed by atoms with Crippen LogP contribution in [0.25, 0.3) is 0 Å². The van der Waals surface area contributed by atoms with Gasteiger partial charge in [-0.3, -0.25) is 0 Å². The van der Waals surface area contributed by atoms with Crippen LogP contribution in [0.3, 0.4) is 0 Å². The second-order valence-corrected chi connectivity index (χ2v) is 10.1. The molecule has 3 amide bonds. The number of nitrogens with zero attached hydrogens (tertiary/aromatic N) is 3. The van der Waals surface area contributed by atoms with E-state index < -0.39 is 15.9 Å². The number of carbonyl (C=O) groups is 2. The summed E-state index contributed by atoms with van der Waals surface area (Å²) in [7, 11) is -3.03. The number of rotatable bonds is 0. The van der Waals surface area contributed by atoms with Crippen molar-refractivity contribution in [3.63, 3.8) is 0 Å². The fourth-order valence-electron chi connectivity index (χ4n) is 4.31. The summed E-state index contributed by atoms with van der Waals surface area (Å²) in [6.45, 7) is 5.92. The molecule has 0 radical (unpaired) electrons. The van der Waals surface area contributed by atoms with Crippen molar-refractivity contribution in [3.05, 3.63) is 0 Å². The van der Waals surface area contributed by atoms with E-state index in [1.165, 1.54) is 4.90 Å². The zero-order valence-electron chi connectivity index (χ0n) is 14.1. The molecule has 2 bridgehead atoms. The summed E-state index contributed by atoms with van der Waals surface area (Å²) in [5.74, 6) is 0.130. The third-order valence-corrected chi connectivity index (χ3v) is 7.16. The largest absolute Gasteiger partial charge is 0.465 e. The minimum atomic E-state index is -3.03. The van der Waals surface area contributed by atoms with Crippen molar-refractivity contribution >= 4 is 22.0 Å². The van der Waals surface area contributed by atoms with Gasteiger partial charge in [-0.2, -0.15) is 0 Å². The first-order valence-electron chi connectivity index (χ1n) is 8.33. The van der Waals surface area contributed by atoms with E-state index in [0.29, 0.717) is 19.6 Å². The highest BCUT2D eigenvalue weighted by atomic mass is 32.2. The quantitative estimate of drug-likeness (QED) is 0.681.